The van der Waals surface area contributed by atoms with Crippen LogP contribution in [0.4, 0.5) is 10.2 Å². The van der Waals surface area contributed by atoms with E-state index in [9.17, 15) is 14.0 Å². The van der Waals surface area contributed by atoms with Crippen molar-refractivity contribution >= 4 is 17.6 Å². The van der Waals surface area contributed by atoms with E-state index in [0.717, 1.165) is 29.7 Å². The van der Waals surface area contributed by atoms with Crippen LogP contribution in [0.5, 0.6) is 0 Å². The summed E-state index contributed by atoms with van der Waals surface area (Å²) in [5.41, 5.74) is 2.46. The lowest BCUT2D eigenvalue weighted by atomic mass is 9.96. The highest BCUT2D eigenvalue weighted by Crippen LogP contribution is 2.33. The maximum atomic E-state index is 13.3. The number of amides is 2. The van der Waals surface area contributed by atoms with E-state index in [2.05, 4.69) is 4.98 Å². The number of aryl methyl sites for hydroxylation is 2. The average molecular weight is 449 g/mol. The van der Waals surface area contributed by atoms with Gasteiger partial charge in [-0.2, -0.15) is 0 Å². The molecule has 1 saturated heterocycles. The van der Waals surface area contributed by atoms with Crippen molar-refractivity contribution in [2.24, 2.45) is 7.05 Å². The number of halogens is 1. The molecule has 0 spiro atoms. The van der Waals surface area contributed by atoms with Gasteiger partial charge in [-0.1, -0.05) is 12.1 Å². The molecular weight excluding hydrogens is 423 g/mol. The van der Waals surface area contributed by atoms with Gasteiger partial charge in [0.2, 0.25) is 5.91 Å². The fourth-order valence-electron chi connectivity index (χ4n) is 4.60. The average Bonchev–Trinajstić information content (AvgIpc) is 3.38. The van der Waals surface area contributed by atoms with Gasteiger partial charge in [0.1, 0.15) is 17.5 Å². The van der Waals surface area contributed by atoms with Crippen LogP contribution in [0.2, 0.25) is 0 Å². The van der Waals surface area contributed by atoms with Gasteiger partial charge in [0.05, 0.1) is 13.0 Å². The van der Waals surface area contributed by atoms with Crippen molar-refractivity contribution in [1.29, 1.82) is 0 Å². The molecule has 0 N–H and O–H groups in total. The van der Waals surface area contributed by atoms with Gasteiger partial charge < -0.3 is 9.47 Å². The molecule has 33 heavy (non-hydrogen) atoms. The summed E-state index contributed by atoms with van der Waals surface area (Å²) in [6.45, 7) is 3.41. The van der Waals surface area contributed by atoms with Gasteiger partial charge >= 0.3 is 0 Å². The van der Waals surface area contributed by atoms with E-state index >= 15 is 0 Å². The highest BCUT2D eigenvalue weighted by atomic mass is 19.1. The van der Waals surface area contributed by atoms with Crippen molar-refractivity contribution in [1.82, 2.24) is 24.4 Å². The SMILES string of the molecule is Cc1nc([C@@H]2CCCN(C(=O)c3nccn3C)C2)nc2c1CC(=O)N2Cc1ccc(F)cc1. The summed E-state index contributed by atoms with van der Waals surface area (Å²) in [5, 5.41) is 0. The molecule has 2 aromatic heterocycles. The van der Waals surface area contributed by atoms with E-state index in [4.69, 9.17) is 9.97 Å². The number of carbonyl (C=O) groups is 2. The molecule has 2 aliphatic rings. The maximum absolute atomic E-state index is 13.3. The van der Waals surface area contributed by atoms with E-state index in [-0.39, 0.29) is 30.0 Å². The van der Waals surface area contributed by atoms with Crippen LogP contribution in [-0.4, -0.2) is 49.3 Å². The number of hydrogen-bond acceptors (Lipinski definition) is 5. The minimum absolute atomic E-state index is 0.0182. The molecule has 2 aliphatic heterocycles. The Balaban J connectivity index is 1.41. The molecule has 0 aliphatic carbocycles. The Morgan fingerprint density at radius 1 is 1.21 bits per heavy atom. The van der Waals surface area contributed by atoms with Crippen LogP contribution in [0, 0.1) is 12.7 Å². The van der Waals surface area contributed by atoms with Gasteiger partial charge in [-0.15, -0.1) is 0 Å². The Kier molecular flexibility index (Phi) is 5.39. The normalized spacial score (nSPS) is 18.0. The zero-order valence-electron chi connectivity index (χ0n) is 18.7. The first-order valence-electron chi connectivity index (χ1n) is 11.1. The minimum atomic E-state index is -0.311. The highest BCUT2D eigenvalue weighted by Gasteiger charge is 2.34. The number of piperidine rings is 1. The molecule has 0 radical (unpaired) electrons. The summed E-state index contributed by atoms with van der Waals surface area (Å²) >= 11 is 0. The molecule has 3 aromatic rings. The number of rotatable bonds is 4. The fourth-order valence-corrected chi connectivity index (χ4v) is 4.60. The van der Waals surface area contributed by atoms with Crippen molar-refractivity contribution < 1.29 is 14.0 Å². The number of anilines is 1. The first-order valence-corrected chi connectivity index (χ1v) is 11.1. The van der Waals surface area contributed by atoms with Crippen LogP contribution in [-0.2, 0) is 24.8 Å². The summed E-state index contributed by atoms with van der Waals surface area (Å²) in [4.78, 5) is 42.9. The second-order valence-electron chi connectivity index (χ2n) is 8.70. The molecular formula is C24H25FN6O2. The summed E-state index contributed by atoms with van der Waals surface area (Å²) < 4.78 is 15.0. The van der Waals surface area contributed by atoms with E-state index < -0.39 is 0 Å². The molecule has 9 heteroatoms. The highest BCUT2D eigenvalue weighted by molar-refractivity contribution is 6.00. The minimum Gasteiger partial charge on any atom is -0.335 e. The zero-order chi connectivity index (χ0) is 23.1. The molecule has 0 saturated carbocycles. The largest absolute Gasteiger partial charge is 0.335 e. The number of benzene rings is 1. The second-order valence-corrected chi connectivity index (χ2v) is 8.70. The maximum Gasteiger partial charge on any atom is 0.289 e. The van der Waals surface area contributed by atoms with E-state index in [1.165, 1.54) is 12.1 Å². The predicted octanol–water partition coefficient (Wildman–Crippen LogP) is 2.77. The molecule has 170 valence electrons. The third-order valence-corrected chi connectivity index (χ3v) is 6.43. The third kappa shape index (κ3) is 3.99. The Morgan fingerprint density at radius 2 is 2.00 bits per heavy atom. The third-order valence-electron chi connectivity index (χ3n) is 6.43. The van der Waals surface area contributed by atoms with Crippen LogP contribution in [0.25, 0.3) is 0 Å². The Hall–Kier alpha value is -3.62. The Labute approximate surface area is 191 Å². The van der Waals surface area contributed by atoms with Crippen LogP contribution in [0.3, 0.4) is 0 Å². The van der Waals surface area contributed by atoms with E-state index in [1.54, 1.807) is 41.0 Å². The topological polar surface area (TPSA) is 84.2 Å². The number of fused-ring (bicyclic) bond motifs is 1. The van der Waals surface area contributed by atoms with Crippen molar-refractivity contribution in [3.8, 4) is 0 Å². The van der Waals surface area contributed by atoms with Crippen molar-refractivity contribution in [2.75, 3.05) is 18.0 Å². The molecule has 2 amide bonds. The van der Waals surface area contributed by atoms with Crippen LogP contribution >= 0.6 is 0 Å². The quantitative estimate of drug-likeness (QED) is 0.613. The number of carbonyl (C=O) groups excluding carboxylic acids is 2. The predicted molar refractivity (Wildman–Crippen MR) is 119 cm³/mol. The fraction of sp³-hybridized carbons (Fsp3) is 0.375. The van der Waals surface area contributed by atoms with Gasteiger partial charge in [-0.25, -0.2) is 19.3 Å². The number of aromatic nitrogens is 4. The van der Waals surface area contributed by atoms with Crippen LogP contribution in [0.1, 0.15) is 52.0 Å². The van der Waals surface area contributed by atoms with Gasteiger partial charge in [0.25, 0.3) is 5.91 Å². The lowest BCUT2D eigenvalue weighted by Gasteiger charge is -2.32. The molecule has 4 heterocycles. The van der Waals surface area contributed by atoms with Gasteiger partial charge in [-0.05, 0) is 37.5 Å². The Morgan fingerprint density at radius 3 is 2.73 bits per heavy atom. The monoisotopic (exact) mass is 448 g/mol. The first kappa shape index (κ1) is 21.2. The summed E-state index contributed by atoms with van der Waals surface area (Å²) in [5.74, 6) is 1.22. The molecule has 1 fully saturated rings. The number of likely N-dealkylation sites (tertiary alicyclic amines) is 1. The number of nitrogens with zero attached hydrogens (tertiary/aromatic N) is 6. The molecule has 0 unspecified atom stereocenters. The number of imidazole rings is 1. The van der Waals surface area contributed by atoms with Gasteiger partial charge in [-0.3, -0.25) is 14.5 Å². The van der Waals surface area contributed by atoms with Crippen LogP contribution < -0.4 is 4.90 Å². The summed E-state index contributed by atoms with van der Waals surface area (Å²) in [6, 6.07) is 6.14. The van der Waals surface area contributed by atoms with Crippen molar-refractivity contribution in [3.63, 3.8) is 0 Å². The smallest absolute Gasteiger partial charge is 0.289 e. The molecule has 8 nitrogen and oxygen atoms in total. The van der Waals surface area contributed by atoms with E-state index in [1.807, 2.05) is 11.8 Å². The lowest BCUT2D eigenvalue weighted by molar-refractivity contribution is -0.117. The summed E-state index contributed by atoms with van der Waals surface area (Å²) in [7, 11) is 1.81. The standard InChI is InChI=1S/C24H25FN6O2/c1-15-19-12-20(32)31(13-16-5-7-18(25)8-6-16)22(19)28-21(27-15)17-4-3-10-30(14-17)24(33)23-26-9-11-29(23)2/h5-9,11,17H,3-4,10,12-14H2,1-2H3/t17-/m1/s1. The van der Waals surface area contributed by atoms with E-state index in [0.29, 0.717) is 37.1 Å². The molecule has 5 rings (SSSR count). The first-order chi connectivity index (χ1) is 15.9. The zero-order valence-corrected chi connectivity index (χ0v) is 18.7. The van der Waals surface area contributed by atoms with Crippen molar-refractivity contribution in [3.05, 3.63) is 70.9 Å². The molecule has 0 bridgehead atoms. The summed E-state index contributed by atoms with van der Waals surface area (Å²) in [6.07, 6.45) is 5.35. The lowest BCUT2D eigenvalue weighted by Crippen LogP contribution is -2.40. The van der Waals surface area contributed by atoms with Crippen molar-refractivity contribution in [2.45, 2.75) is 38.6 Å². The molecule has 1 atom stereocenters. The van der Waals surface area contributed by atoms with Crippen LogP contribution in [0.15, 0.2) is 36.7 Å². The van der Waals surface area contributed by atoms with Gasteiger partial charge in [0, 0.05) is 49.7 Å². The number of hydrogen-bond donors (Lipinski definition) is 0. The molecule has 1 aromatic carbocycles. The van der Waals surface area contributed by atoms with Gasteiger partial charge in [0.15, 0.2) is 5.82 Å². The second kappa shape index (κ2) is 8.38. The Bertz CT molecular complexity index is 1220.